The normalized spacial score (nSPS) is 12.1. The molecule has 0 fully saturated rings. The molecule has 0 aliphatic heterocycles. The molecule has 1 N–H and O–H groups in total. The van der Waals surface area contributed by atoms with Crippen LogP contribution in [0, 0.1) is 0 Å². The Kier molecular flexibility index (Phi) is 4.58. The summed E-state index contributed by atoms with van der Waals surface area (Å²) in [7, 11) is 0. The number of hydrogen-bond acceptors (Lipinski definition) is 3. The smallest absolute Gasteiger partial charge is 0.287 e. The molecule has 4 nitrogen and oxygen atoms in total. The van der Waals surface area contributed by atoms with Crippen molar-refractivity contribution in [2.45, 2.75) is 18.7 Å². The second-order valence-corrected chi connectivity index (χ2v) is 4.83. The minimum atomic E-state index is -0.238. The number of halogens is 1. The van der Waals surface area contributed by atoms with Crippen LogP contribution in [0.15, 0.2) is 41.1 Å². The predicted octanol–water partition coefficient (Wildman–Crippen LogP) is 2.95. The molecule has 2 rings (SSSR count). The fourth-order valence-electron chi connectivity index (χ4n) is 1.65. The fourth-order valence-corrected chi connectivity index (χ4v) is 1.76. The van der Waals surface area contributed by atoms with Gasteiger partial charge in [-0.05, 0) is 43.2 Å². The first-order valence-corrected chi connectivity index (χ1v) is 6.51. The van der Waals surface area contributed by atoms with E-state index in [1.165, 1.54) is 0 Å². The lowest BCUT2D eigenvalue weighted by atomic mass is 10.2. The SMILES string of the molecule is CC(Cl)c1ccc(C(=O)NCCc2ccncc2)o1. The van der Waals surface area contributed by atoms with Gasteiger partial charge in [-0.25, -0.2) is 0 Å². The van der Waals surface area contributed by atoms with E-state index in [4.69, 9.17) is 16.0 Å². The third-order valence-electron chi connectivity index (χ3n) is 2.69. The lowest BCUT2D eigenvalue weighted by Gasteiger charge is -2.03. The van der Waals surface area contributed by atoms with Crippen LogP contribution in [0.4, 0.5) is 0 Å². The van der Waals surface area contributed by atoms with E-state index in [9.17, 15) is 4.79 Å². The van der Waals surface area contributed by atoms with E-state index in [1.807, 2.05) is 12.1 Å². The minimum absolute atomic E-state index is 0.224. The van der Waals surface area contributed by atoms with Gasteiger partial charge in [0.05, 0.1) is 5.38 Å². The maximum absolute atomic E-state index is 11.8. The molecule has 2 heterocycles. The van der Waals surface area contributed by atoms with Gasteiger partial charge in [-0.2, -0.15) is 0 Å². The van der Waals surface area contributed by atoms with Gasteiger partial charge in [-0.1, -0.05) is 0 Å². The molecule has 2 aromatic rings. The molecular weight excluding hydrogens is 264 g/mol. The number of aromatic nitrogens is 1. The van der Waals surface area contributed by atoms with Crippen LogP contribution in [0.25, 0.3) is 0 Å². The van der Waals surface area contributed by atoms with Crippen LogP contribution in [-0.2, 0) is 6.42 Å². The Morgan fingerprint density at radius 3 is 2.74 bits per heavy atom. The average Bonchev–Trinajstić information content (AvgIpc) is 2.89. The predicted molar refractivity (Wildman–Crippen MR) is 73.3 cm³/mol. The van der Waals surface area contributed by atoms with Crippen molar-refractivity contribution in [2.75, 3.05) is 6.54 Å². The highest BCUT2D eigenvalue weighted by atomic mass is 35.5. The summed E-state index contributed by atoms with van der Waals surface area (Å²) in [5.41, 5.74) is 1.13. The van der Waals surface area contributed by atoms with Crippen LogP contribution < -0.4 is 5.32 Å². The third kappa shape index (κ3) is 3.83. The summed E-state index contributed by atoms with van der Waals surface area (Å²) in [6.45, 7) is 2.35. The van der Waals surface area contributed by atoms with Crippen molar-refractivity contribution in [1.82, 2.24) is 10.3 Å². The maximum atomic E-state index is 11.8. The largest absolute Gasteiger partial charge is 0.454 e. The Morgan fingerprint density at radius 1 is 1.37 bits per heavy atom. The Labute approximate surface area is 116 Å². The van der Waals surface area contributed by atoms with Crippen LogP contribution in [0.3, 0.4) is 0 Å². The molecule has 0 saturated carbocycles. The van der Waals surface area contributed by atoms with E-state index in [2.05, 4.69) is 10.3 Å². The van der Waals surface area contributed by atoms with E-state index in [1.54, 1.807) is 31.5 Å². The molecule has 5 heteroatoms. The van der Waals surface area contributed by atoms with Gasteiger partial charge < -0.3 is 9.73 Å². The van der Waals surface area contributed by atoms with E-state index in [0.717, 1.165) is 12.0 Å². The molecule has 0 saturated heterocycles. The molecule has 0 spiro atoms. The first-order chi connectivity index (χ1) is 9.16. The van der Waals surface area contributed by atoms with Crippen LogP contribution >= 0.6 is 11.6 Å². The Bertz CT molecular complexity index is 537. The zero-order chi connectivity index (χ0) is 13.7. The number of alkyl halides is 1. The number of nitrogens with one attached hydrogen (secondary N) is 1. The lowest BCUT2D eigenvalue weighted by molar-refractivity contribution is 0.0924. The van der Waals surface area contributed by atoms with Crippen molar-refractivity contribution in [3.05, 3.63) is 53.7 Å². The van der Waals surface area contributed by atoms with Gasteiger partial charge in [-0.3, -0.25) is 9.78 Å². The first-order valence-electron chi connectivity index (χ1n) is 6.07. The standard InChI is InChI=1S/C14H15ClN2O2/c1-10(15)12-2-3-13(19-12)14(18)17-9-6-11-4-7-16-8-5-11/h2-5,7-8,10H,6,9H2,1H3,(H,17,18). The Hall–Kier alpha value is -1.81. The molecule has 0 aliphatic rings. The zero-order valence-electron chi connectivity index (χ0n) is 10.6. The van der Waals surface area contributed by atoms with Gasteiger partial charge >= 0.3 is 0 Å². The molecule has 1 atom stereocenters. The number of rotatable bonds is 5. The van der Waals surface area contributed by atoms with Crippen molar-refractivity contribution in [3.8, 4) is 0 Å². The lowest BCUT2D eigenvalue weighted by Crippen LogP contribution is -2.25. The number of hydrogen-bond donors (Lipinski definition) is 1. The maximum Gasteiger partial charge on any atom is 0.287 e. The molecule has 19 heavy (non-hydrogen) atoms. The van der Waals surface area contributed by atoms with Crippen LogP contribution in [0.5, 0.6) is 0 Å². The summed E-state index contributed by atoms with van der Waals surface area (Å²) in [5, 5.41) is 2.57. The third-order valence-corrected chi connectivity index (χ3v) is 2.91. The second kappa shape index (κ2) is 6.38. The van der Waals surface area contributed by atoms with Crippen molar-refractivity contribution in [1.29, 1.82) is 0 Å². The molecule has 0 bridgehead atoms. The molecule has 1 unspecified atom stereocenters. The van der Waals surface area contributed by atoms with Gasteiger partial charge in [0.25, 0.3) is 5.91 Å². The topological polar surface area (TPSA) is 55.1 Å². The summed E-state index contributed by atoms with van der Waals surface area (Å²) in [6.07, 6.45) is 4.23. The summed E-state index contributed by atoms with van der Waals surface area (Å²) < 4.78 is 5.36. The van der Waals surface area contributed by atoms with Crippen molar-refractivity contribution in [3.63, 3.8) is 0 Å². The van der Waals surface area contributed by atoms with E-state index >= 15 is 0 Å². The number of carbonyl (C=O) groups excluding carboxylic acids is 1. The summed E-state index contributed by atoms with van der Waals surface area (Å²) >= 11 is 5.87. The van der Waals surface area contributed by atoms with Crippen LogP contribution in [0.2, 0.25) is 0 Å². The van der Waals surface area contributed by atoms with Crippen LogP contribution in [-0.4, -0.2) is 17.4 Å². The van der Waals surface area contributed by atoms with E-state index in [-0.39, 0.29) is 17.0 Å². The van der Waals surface area contributed by atoms with Gasteiger partial charge in [-0.15, -0.1) is 11.6 Å². The Morgan fingerprint density at radius 2 is 2.11 bits per heavy atom. The highest BCUT2D eigenvalue weighted by molar-refractivity contribution is 6.20. The number of pyridine rings is 1. The second-order valence-electron chi connectivity index (χ2n) is 4.18. The fraction of sp³-hybridized carbons (Fsp3) is 0.286. The highest BCUT2D eigenvalue weighted by Gasteiger charge is 2.13. The number of carbonyl (C=O) groups is 1. The van der Waals surface area contributed by atoms with Gasteiger partial charge in [0.15, 0.2) is 5.76 Å². The monoisotopic (exact) mass is 278 g/mol. The molecule has 0 aromatic carbocycles. The molecule has 2 aromatic heterocycles. The summed E-state index contributed by atoms with van der Waals surface area (Å²) in [5.74, 6) is 0.663. The molecule has 1 amide bonds. The number of nitrogens with zero attached hydrogens (tertiary/aromatic N) is 1. The van der Waals surface area contributed by atoms with Gasteiger partial charge in [0.1, 0.15) is 5.76 Å². The van der Waals surface area contributed by atoms with Gasteiger partial charge in [0.2, 0.25) is 0 Å². The minimum Gasteiger partial charge on any atom is -0.454 e. The summed E-state index contributed by atoms with van der Waals surface area (Å²) in [6, 6.07) is 7.20. The molecule has 0 aliphatic carbocycles. The van der Waals surface area contributed by atoms with E-state index in [0.29, 0.717) is 12.3 Å². The molecule has 100 valence electrons. The van der Waals surface area contributed by atoms with E-state index < -0.39 is 0 Å². The first kappa shape index (κ1) is 13.6. The quantitative estimate of drug-likeness (QED) is 0.856. The van der Waals surface area contributed by atoms with Gasteiger partial charge in [0, 0.05) is 18.9 Å². The highest BCUT2D eigenvalue weighted by Crippen LogP contribution is 2.21. The zero-order valence-corrected chi connectivity index (χ0v) is 11.4. The molecule has 0 radical (unpaired) electrons. The van der Waals surface area contributed by atoms with Crippen LogP contribution in [0.1, 0.15) is 34.2 Å². The number of amides is 1. The summed E-state index contributed by atoms with van der Waals surface area (Å²) in [4.78, 5) is 15.8. The van der Waals surface area contributed by atoms with Crippen molar-refractivity contribution in [2.24, 2.45) is 0 Å². The number of furan rings is 1. The molecular formula is C14H15ClN2O2. The van der Waals surface area contributed by atoms with Crippen molar-refractivity contribution < 1.29 is 9.21 Å². The average molecular weight is 279 g/mol. The Balaban J connectivity index is 1.84. The van der Waals surface area contributed by atoms with Crippen molar-refractivity contribution >= 4 is 17.5 Å².